The zero-order valence-electron chi connectivity index (χ0n) is 42.2. The van der Waals surface area contributed by atoms with Crippen molar-refractivity contribution in [2.45, 2.75) is 81.0 Å². The number of rotatable bonds is 23. The first-order chi connectivity index (χ1) is 37.8. The Morgan fingerprint density at radius 2 is 0.512 bits per heavy atom. The Labute approximate surface area is 454 Å². The average Bonchev–Trinajstić information content (AvgIpc) is 3.41. The van der Waals surface area contributed by atoms with Crippen LogP contribution in [0.25, 0.3) is 0 Å². The van der Waals surface area contributed by atoms with Gasteiger partial charge in [-0.1, -0.05) is 72.8 Å². The summed E-state index contributed by atoms with van der Waals surface area (Å²) in [6, 6.07) is 26.3. The lowest BCUT2D eigenvalue weighted by molar-refractivity contribution is -0.192. The highest BCUT2D eigenvalue weighted by atomic mass is 19.4. The van der Waals surface area contributed by atoms with Crippen molar-refractivity contribution in [3.05, 3.63) is 179 Å². The molecule has 0 aromatic heterocycles. The monoisotopic (exact) mass is 1110 g/mol. The average molecular weight is 1110 g/mol. The fourth-order valence-electron chi connectivity index (χ4n) is 7.72. The van der Waals surface area contributed by atoms with Crippen LogP contribution in [0.1, 0.15) is 33.4 Å². The largest absolute Gasteiger partial charge is 0.508 e. The molecule has 0 aliphatic rings. The molecule has 0 spiro atoms. The minimum atomic E-state index is -5.08. The highest BCUT2D eigenvalue weighted by Crippen LogP contribution is 2.19. The molecule has 0 saturated carbocycles. The van der Waals surface area contributed by atoms with Crippen LogP contribution in [0.15, 0.2) is 146 Å². The number of benzene rings is 6. The number of nitrogens with one attached hydrogen (secondary N) is 5. The first-order valence-electron chi connectivity index (χ1n) is 24.3. The van der Waals surface area contributed by atoms with Crippen molar-refractivity contribution >= 4 is 41.5 Å². The molecule has 0 aliphatic carbocycles. The Hall–Kier alpha value is -9.84. The van der Waals surface area contributed by atoms with E-state index in [-0.39, 0.29) is 73.0 Å². The van der Waals surface area contributed by atoms with Crippen LogP contribution >= 0.6 is 0 Å². The molecule has 21 nitrogen and oxygen atoms in total. The maximum Gasteiger partial charge on any atom is 0.490 e. The molecule has 80 heavy (non-hydrogen) atoms. The minimum Gasteiger partial charge on any atom is -0.508 e. The van der Waals surface area contributed by atoms with E-state index in [9.17, 15) is 77.7 Å². The Kier molecular flexibility index (Phi) is 21.7. The van der Waals surface area contributed by atoms with Crippen LogP contribution in [0.2, 0.25) is 0 Å². The summed E-state index contributed by atoms with van der Waals surface area (Å²) in [5.74, 6) is -8.80. The first kappa shape index (κ1) is 61.0. The number of amides is 5. The van der Waals surface area contributed by atoms with Gasteiger partial charge in [-0.2, -0.15) is 13.2 Å². The summed E-state index contributed by atoms with van der Waals surface area (Å²) in [6.07, 6.45) is -6.03. The molecule has 6 aromatic rings. The molecular weight excluding hydrogens is 1050 g/mol. The van der Waals surface area contributed by atoms with Crippen molar-refractivity contribution in [2.24, 2.45) is 5.73 Å². The van der Waals surface area contributed by atoms with Crippen LogP contribution in [-0.4, -0.2) is 125 Å². The summed E-state index contributed by atoms with van der Waals surface area (Å²) in [5.41, 5.74) is 9.26. The molecule has 0 heterocycles. The minimum absolute atomic E-state index is 0.0118. The number of hydrogen-bond acceptors (Lipinski definition) is 14. The van der Waals surface area contributed by atoms with Crippen LogP contribution in [0, 0.1) is 0 Å². The van der Waals surface area contributed by atoms with Crippen LogP contribution in [-0.2, 0) is 72.1 Å². The van der Waals surface area contributed by atoms with Crippen molar-refractivity contribution in [1.29, 1.82) is 0 Å². The third kappa shape index (κ3) is 19.9. The predicted molar refractivity (Wildman–Crippen MR) is 280 cm³/mol. The number of hydrogen-bond donors (Lipinski definition) is 14. The summed E-state index contributed by atoms with van der Waals surface area (Å²) >= 11 is 0. The van der Waals surface area contributed by atoms with E-state index in [4.69, 9.17) is 15.6 Å². The number of phenolic OH excluding ortho intramolecular Hbond substituents is 6. The molecule has 6 aromatic carbocycles. The van der Waals surface area contributed by atoms with E-state index in [0.717, 1.165) is 0 Å². The Bertz CT molecular complexity index is 3060. The second kappa shape index (κ2) is 28.5. The Morgan fingerprint density at radius 3 is 0.713 bits per heavy atom. The highest BCUT2D eigenvalue weighted by molar-refractivity contribution is 5.97. The second-order valence-corrected chi connectivity index (χ2v) is 18.3. The lowest BCUT2D eigenvalue weighted by atomic mass is 9.99. The van der Waals surface area contributed by atoms with Gasteiger partial charge in [-0.25, -0.2) is 9.59 Å². The van der Waals surface area contributed by atoms with Crippen molar-refractivity contribution in [2.75, 3.05) is 0 Å². The number of carboxylic acid groups (broad SMARTS) is 2. The van der Waals surface area contributed by atoms with E-state index >= 15 is 0 Å². The molecular formula is C56H57F3N6O15. The molecule has 5 amide bonds. The van der Waals surface area contributed by atoms with Crippen molar-refractivity contribution in [3.63, 3.8) is 0 Å². The molecule has 6 rings (SSSR count). The maximum atomic E-state index is 14.7. The van der Waals surface area contributed by atoms with Gasteiger partial charge in [0.2, 0.25) is 29.5 Å². The molecule has 0 radical (unpaired) electrons. The number of nitrogens with two attached hydrogens (primary N) is 1. The molecule has 24 heteroatoms. The van der Waals surface area contributed by atoms with Crippen LogP contribution < -0.4 is 32.3 Å². The smallest absolute Gasteiger partial charge is 0.490 e. The quantitative estimate of drug-likeness (QED) is 0.0438. The van der Waals surface area contributed by atoms with Gasteiger partial charge in [-0.15, -0.1) is 0 Å². The number of halogens is 3. The lowest BCUT2D eigenvalue weighted by Gasteiger charge is -2.27. The first-order valence-corrected chi connectivity index (χ1v) is 24.3. The van der Waals surface area contributed by atoms with Gasteiger partial charge in [0.05, 0.1) is 6.04 Å². The number of carbonyl (C=O) groups is 7. The van der Waals surface area contributed by atoms with Crippen LogP contribution in [0.3, 0.4) is 0 Å². The standard InChI is InChI=1S/C54H56N6O13.C2HF3O2/c55-43(25-31-1-13-37(61)14-2-31)49(67)56-44(26-32-3-15-38(62)16-4-32)50(68)57-45(27-33-5-17-39(63)18-6-33)51(69)58-46(28-34-7-19-40(64)20-8-34)52(70)59-47(29-35-9-21-41(65)22-10-35)53(71)60-48(54(72)73)30-36-11-23-42(66)24-12-36;3-2(4,5)1(6)7/h1-24,43-48,61-66H,25-30,55H2,(H,56,67)(H,57,68)(H,58,69)(H,59,70)(H,60,71)(H,72,73);(H,6,7)/t43-,44-,45-,46-,47-,48-;/m0./s1. The zero-order valence-corrected chi connectivity index (χ0v) is 42.2. The van der Waals surface area contributed by atoms with E-state index in [2.05, 4.69) is 26.6 Å². The predicted octanol–water partition coefficient (Wildman–Crippen LogP) is 3.15. The summed E-state index contributed by atoms with van der Waals surface area (Å²) in [5, 5.41) is 90.0. The van der Waals surface area contributed by atoms with E-state index in [1.165, 1.54) is 133 Å². The summed E-state index contributed by atoms with van der Waals surface area (Å²) in [7, 11) is 0. The molecule has 0 fully saturated rings. The molecule has 15 N–H and O–H groups in total. The number of phenols is 6. The highest BCUT2D eigenvalue weighted by Gasteiger charge is 2.38. The molecule has 0 aliphatic heterocycles. The van der Waals surface area contributed by atoms with Crippen molar-refractivity contribution in [1.82, 2.24) is 26.6 Å². The number of aliphatic carboxylic acids is 2. The number of alkyl halides is 3. The van der Waals surface area contributed by atoms with Crippen molar-refractivity contribution < 1.29 is 87.6 Å². The third-order valence-electron chi connectivity index (χ3n) is 12.0. The van der Waals surface area contributed by atoms with Gasteiger partial charge in [0, 0.05) is 32.1 Å². The Balaban J connectivity index is 0.00000157. The molecule has 6 atom stereocenters. The van der Waals surface area contributed by atoms with Crippen LogP contribution in [0.4, 0.5) is 13.2 Å². The topological polar surface area (TPSA) is 368 Å². The fourth-order valence-corrected chi connectivity index (χ4v) is 7.72. The lowest BCUT2D eigenvalue weighted by Crippen LogP contribution is -2.60. The fraction of sp³-hybridized carbons (Fsp3) is 0.232. The molecule has 422 valence electrons. The number of carbonyl (C=O) groups excluding carboxylic acids is 5. The molecule has 0 saturated heterocycles. The van der Waals surface area contributed by atoms with Gasteiger partial charge >= 0.3 is 18.1 Å². The SMILES string of the molecule is N[C@@H](Cc1ccc(O)cc1)C(=O)N[C@@H](Cc1ccc(O)cc1)C(=O)N[C@@H](Cc1ccc(O)cc1)C(=O)N[C@@H](Cc1ccc(O)cc1)C(=O)N[C@@H](Cc1ccc(O)cc1)C(=O)N[C@@H](Cc1ccc(O)cc1)C(=O)O.O=C(O)C(F)(F)F. The number of carboxylic acids is 2. The van der Waals surface area contributed by atoms with Gasteiger partial charge in [0.25, 0.3) is 0 Å². The summed E-state index contributed by atoms with van der Waals surface area (Å²) in [4.78, 5) is 92.9. The Morgan fingerprint density at radius 1 is 0.338 bits per heavy atom. The maximum absolute atomic E-state index is 14.7. The summed E-state index contributed by atoms with van der Waals surface area (Å²) in [6.45, 7) is 0. The van der Waals surface area contributed by atoms with Gasteiger partial charge < -0.3 is 73.2 Å². The number of aromatic hydroxyl groups is 6. The van der Waals surface area contributed by atoms with E-state index in [0.29, 0.717) is 33.4 Å². The van der Waals surface area contributed by atoms with Crippen molar-refractivity contribution in [3.8, 4) is 34.5 Å². The summed E-state index contributed by atoms with van der Waals surface area (Å²) < 4.78 is 31.7. The second-order valence-electron chi connectivity index (χ2n) is 18.3. The van der Waals surface area contributed by atoms with E-state index in [1.54, 1.807) is 12.1 Å². The van der Waals surface area contributed by atoms with E-state index in [1.807, 2.05) is 0 Å². The van der Waals surface area contributed by atoms with Gasteiger partial charge in [0.15, 0.2) is 0 Å². The zero-order chi connectivity index (χ0) is 58.7. The van der Waals surface area contributed by atoms with Gasteiger partial charge in [0.1, 0.15) is 64.7 Å². The van der Waals surface area contributed by atoms with Crippen LogP contribution in [0.5, 0.6) is 34.5 Å². The van der Waals surface area contributed by atoms with Gasteiger partial charge in [-0.3, -0.25) is 24.0 Å². The molecule has 0 bridgehead atoms. The normalized spacial score (nSPS) is 13.2. The molecule has 0 unspecified atom stereocenters. The van der Waals surface area contributed by atoms with E-state index < -0.39 is 83.9 Å². The third-order valence-corrected chi connectivity index (χ3v) is 12.0. The van der Waals surface area contributed by atoms with Gasteiger partial charge in [-0.05, 0) is 113 Å².